The van der Waals surface area contributed by atoms with Crippen molar-refractivity contribution in [2.24, 2.45) is 0 Å². The highest BCUT2D eigenvalue weighted by atomic mass is 35.5. The maximum atomic E-state index is 13.9. The average molecular weight is 308 g/mol. The Kier molecular flexibility index (Phi) is 4.81. The van der Waals surface area contributed by atoms with E-state index in [0.717, 1.165) is 5.56 Å². The minimum absolute atomic E-state index is 0.182. The number of benzene rings is 2. The van der Waals surface area contributed by atoms with E-state index >= 15 is 0 Å². The number of halogens is 2. The van der Waals surface area contributed by atoms with E-state index in [-0.39, 0.29) is 18.9 Å². The van der Waals surface area contributed by atoms with Crippen LogP contribution in [0.1, 0.15) is 11.1 Å². The van der Waals surface area contributed by atoms with Crippen LogP contribution in [0.3, 0.4) is 0 Å². The third kappa shape index (κ3) is 4.20. The molecule has 0 saturated carbocycles. The Morgan fingerprint density at radius 3 is 2.52 bits per heavy atom. The fourth-order valence-electron chi connectivity index (χ4n) is 2.08. The summed E-state index contributed by atoms with van der Waals surface area (Å²) in [4.78, 5) is 12.6. The SMILES string of the molecule is Cc1ccc(F)c(CN(CC(=O)O)c2ccc(Cl)cc2)c1. The second-order valence-electron chi connectivity index (χ2n) is 4.82. The molecule has 0 bridgehead atoms. The number of nitrogens with zero attached hydrogens (tertiary/aromatic N) is 1. The van der Waals surface area contributed by atoms with Crippen LogP contribution in [0.15, 0.2) is 42.5 Å². The second-order valence-corrected chi connectivity index (χ2v) is 5.26. The summed E-state index contributed by atoms with van der Waals surface area (Å²) >= 11 is 5.83. The van der Waals surface area contributed by atoms with E-state index in [1.807, 2.05) is 6.92 Å². The van der Waals surface area contributed by atoms with Crippen molar-refractivity contribution < 1.29 is 14.3 Å². The number of hydrogen-bond acceptors (Lipinski definition) is 2. The van der Waals surface area contributed by atoms with E-state index in [1.54, 1.807) is 41.3 Å². The summed E-state index contributed by atoms with van der Waals surface area (Å²) in [6.07, 6.45) is 0. The molecule has 21 heavy (non-hydrogen) atoms. The third-order valence-corrected chi connectivity index (χ3v) is 3.33. The number of carboxylic acids is 1. The number of aryl methyl sites for hydroxylation is 1. The Morgan fingerprint density at radius 1 is 1.24 bits per heavy atom. The Hall–Kier alpha value is -2.07. The minimum atomic E-state index is -0.974. The summed E-state index contributed by atoms with van der Waals surface area (Å²) in [6, 6.07) is 11.6. The lowest BCUT2D eigenvalue weighted by Gasteiger charge is -2.23. The quantitative estimate of drug-likeness (QED) is 0.911. The highest BCUT2D eigenvalue weighted by molar-refractivity contribution is 6.30. The van der Waals surface area contributed by atoms with Crippen LogP contribution in [-0.2, 0) is 11.3 Å². The molecule has 0 aromatic heterocycles. The zero-order valence-corrected chi connectivity index (χ0v) is 12.3. The first kappa shape index (κ1) is 15.3. The van der Waals surface area contributed by atoms with Gasteiger partial charge in [0, 0.05) is 22.8 Å². The summed E-state index contributed by atoms with van der Waals surface area (Å²) in [5, 5.41) is 9.61. The molecule has 0 radical (unpaired) electrons. The summed E-state index contributed by atoms with van der Waals surface area (Å²) in [5.74, 6) is -1.32. The van der Waals surface area contributed by atoms with Crippen LogP contribution in [-0.4, -0.2) is 17.6 Å². The largest absolute Gasteiger partial charge is 0.480 e. The summed E-state index contributed by atoms with van der Waals surface area (Å²) in [6.45, 7) is 1.84. The van der Waals surface area contributed by atoms with Gasteiger partial charge in [-0.2, -0.15) is 0 Å². The van der Waals surface area contributed by atoms with Gasteiger partial charge in [-0.25, -0.2) is 4.39 Å². The van der Waals surface area contributed by atoms with Gasteiger partial charge in [-0.1, -0.05) is 29.3 Å². The lowest BCUT2D eigenvalue weighted by atomic mass is 10.1. The molecule has 0 atom stereocenters. The first-order chi connectivity index (χ1) is 9.95. The topological polar surface area (TPSA) is 40.5 Å². The second kappa shape index (κ2) is 6.59. The molecule has 5 heteroatoms. The number of anilines is 1. The number of carboxylic acid groups (broad SMARTS) is 1. The predicted octanol–water partition coefficient (Wildman–Crippen LogP) is 3.88. The van der Waals surface area contributed by atoms with E-state index in [0.29, 0.717) is 16.3 Å². The average Bonchev–Trinajstić information content (AvgIpc) is 2.42. The maximum Gasteiger partial charge on any atom is 0.323 e. The van der Waals surface area contributed by atoms with Gasteiger partial charge in [0.05, 0.1) is 0 Å². The Balaban J connectivity index is 2.30. The van der Waals surface area contributed by atoms with Crippen LogP contribution in [0.4, 0.5) is 10.1 Å². The molecule has 0 aliphatic rings. The van der Waals surface area contributed by atoms with Crippen molar-refractivity contribution in [3.8, 4) is 0 Å². The predicted molar refractivity (Wildman–Crippen MR) is 81.3 cm³/mol. The first-order valence-electron chi connectivity index (χ1n) is 6.43. The van der Waals surface area contributed by atoms with Crippen molar-refractivity contribution in [2.75, 3.05) is 11.4 Å². The third-order valence-electron chi connectivity index (χ3n) is 3.08. The van der Waals surface area contributed by atoms with Crippen LogP contribution in [0, 0.1) is 12.7 Å². The molecule has 0 spiro atoms. The normalized spacial score (nSPS) is 10.4. The van der Waals surface area contributed by atoms with Gasteiger partial charge in [-0.3, -0.25) is 4.79 Å². The van der Waals surface area contributed by atoms with Gasteiger partial charge in [-0.15, -0.1) is 0 Å². The monoisotopic (exact) mass is 307 g/mol. The van der Waals surface area contributed by atoms with Crippen molar-refractivity contribution >= 4 is 23.3 Å². The fourth-order valence-corrected chi connectivity index (χ4v) is 2.21. The van der Waals surface area contributed by atoms with E-state index in [9.17, 15) is 9.18 Å². The number of hydrogen-bond donors (Lipinski definition) is 1. The van der Waals surface area contributed by atoms with Gasteiger partial charge in [-0.05, 0) is 37.3 Å². The molecule has 3 nitrogen and oxygen atoms in total. The molecule has 0 amide bonds. The Labute approximate surface area is 127 Å². The molecule has 2 rings (SSSR count). The zero-order valence-electron chi connectivity index (χ0n) is 11.5. The van der Waals surface area contributed by atoms with Crippen LogP contribution < -0.4 is 4.90 Å². The van der Waals surface area contributed by atoms with E-state index in [1.165, 1.54) is 6.07 Å². The standard InChI is InChI=1S/C16H15ClFNO2/c1-11-2-7-15(18)12(8-11)9-19(10-16(20)21)14-5-3-13(17)4-6-14/h2-8H,9-10H2,1H3,(H,20,21). The number of aliphatic carboxylic acids is 1. The zero-order chi connectivity index (χ0) is 15.4. The molecule has 0 aliphatic heterocycles. The molecule has 0 unspecified atom stereocenters. The molecule has 2 aromatic carbocycles. The summed E-state index contributed by atoms with van der Waals surface area (Å²) in [5.41, 5.74) is 2.08. The van der Waals surface area contributed by atoms with E-state index in [4.69, 9.17) is 16.7 Å². The lowest BCUT2D eigenvalue weighted by molar-refractivity contribution is -0.135. The molecule has 0 heterocycles. The summed E-state index contributed by atoms with van der Waals surface area (Å²) in [7, 11) is 0. The Morgan fingerprint density at radius 2 is 1.90 bits per heavy atom. The first-order valence-corrected chi connectivity index (χ1v) is 6.81. The highest BCUT2D eigenvalue weighted by Crippen LogP contribution is 2.21. The lowest BCUT2D eigenvalue weighted by Crippen LogP contribution is -2.29. The van der Waals surface area contributed by atoms with E-state index in [2.05, 4.69) is 0 Å². The van der Waals surface area contributed by atoms with Gasteiger partial charge in [0.2, 0.25) is 0 Å². The summed E-state index contributed by atoms with van der Waals surface area (Å²) < 4.78 is 13.9. The molecular weight excluding hydrogens is 293 g/mol. The van der Waals surface area contributed by atoms with Crippen molar-refractivity contribution in [3.63, 3.8) is 0 Å². The number of carbonyl (C=O) groups is 1. The van der Waals surface area contributed by atoms with Crippen LogP contribution in [0.5, 0.6) is 0 Å². The van der Waals surface area contributed by atoms with Gasteiger partial charge < -0.3 is 10.0 Å². The smallest absolute Gasteiger partial charge is 0.323 e. The minimum Gasteiger partial charge on any atom is -0.480 e. The molecule has 1 N–H and O–H groups in total. The van der Waals surface area contributed by atoms with E-state index < -0.39 is 5.97 Å². The molecular formula is C16H15ClFNO2. The molecule has 2 aromatic rings. The Bertz CT molecular complexity index is 643. The van der Waals surface area contributed by atoms with Crippen LogP contribution in [0.2, 0.25) is 5.02 Å². The van der Waals surface area contributed by atoms with Gasteiger partial charge >= 0.3 is 5.97 Å². The maximum absolute atomic E-state index is 13.9. The van der Waals surface area contributed by atoms with Crippen molar-refractivity contribution in [3.05, 3.63) is 64.4 Å². The van der Waals surface area contributed by atoms with Gasteiger partial charge in [0.25, 0.3) is 0 Å². The molecule has 0 saturated heterocycles. The fraction of sp³-hybridized carbons (Fsp3) is 0.188. The van der Waals surface area contributed by atoms with Crippen molar-refractivity contribution in [1.29, 1.82) is 0 Å². The number of rotatable bonds is 5. The van der Waals surface area contributed by atoms with Gasteiger partial charge in [0.1, 0.15) is 12.4 Å². The van der Waals surface area contributed by atoms with Crippen molar-refractivity contribution in [1.82, 2.24) is 0 Å². The van der Waals surface area contributed by atoms with Gasteiger partial charge in [0.15, 0.2) is 0 Å². The van der Waals surface area contributed by atoms with Crippen molar-refractivity contribution in [2.45, 2.75) is 13.5 Å². The highest BCUT2D eigenvalue weighted by Gasteiger charge is 2.14. The molecule has 110 valence electrons. The van der Waals surface area contributed by atoms with Crippen LogP contribution >= 0.6 is 11.6 Å². The molecule has 0 fully saturated rings. The van der Waals surface area contributed by atoms with Crippen LogP contribution in [0.25, 0.3) is 0 Å². The molecule has 0 aliphatic carbocycles.